The predicted molar refractivity (Wildman–Crippen MR) is 138 cm³/mol. The van der Waals surface area contributed by atoms with Crippen LogP contribution in [0.2, 0.25) is 0 Å². The molecular weight excluding hydrogens is 460 g/mol. The summed E-state index contributed by atoms with van der Waals surface area (Å²) in [5.74, 6) is 2.46. The molecule has 0 aromatic heterocycles. The summed E-state index contributed by atoms with van der Waals surface area (Å²) in [5.41, 5.74) is 2.69. The van der Waals surface area contributed by atoms with Gasteiger partial charge >= 0.3 is 12.1 Å². The molecule has 8 heteroatoms. The molecule has 1 N–H and O–H groups in total. The highest BCUT2D eigenvalue weighted by Crippen LogP contribution is 2.50. The van der Waals surface area contributed by atoms with Gasteiger partial charge in [0.15, 0.2) is 5.78 Å². The van der Waals surface area contributed by atoms with Crippen LogP contribution < -0.4 is 5.32 Å². The van der Waals surface area contributed by atoms with Crippen molar-refractivity contribution in [3.8, 4) is 12.0 Å². The molecule has 3 rings (SSSR count). The number of ketones is 1. The minimum absolute atomic E-state index is 0.0757. The first kappa shape index (κ1) is 29.4. The molecule has 0 bridgehead atoms. The van der Waals surface area contributed by atoms with Crippen LogP contribution in [0.25, 0.3) is 0 Å². The van der Waals surface area contributed by atoms with Crippen LogP contribution in [0.1, 0.15) is 66.7 Å². The summed E-state index contributed by atoms with van der Waals surface area (Å²) in [7, 11) is 3.18. The fourth-order valence-electron chi connectivity index (χ4n) is 4.55. The van der Waals surface area contributed by atoms with Crippen LogP contribution in [-0.4, -0.2) is 63.3 Å². The van der Waals surface area contributed by atoms with Crippen molar-refractivity contribution in [3.05, 3.63) is 22.4 Å². The van der Waals surface area contributed by atoms with E-state index in [9.17, 15) is 14.4 Å². The van der Waals surface area contributed by atoms with Crippen molar-refractivity contribution in [1.82, 2.24) is 10.2 Å². The highest BCUT2D eigenvalue weighted by atomic mass is 16.5. The number of hydrogen-bond donors (Lipinski definition) is 1. The molecule has 0 radical (unpaired) electrons. The standard InChI is InChI=1S/C26H36N2O6.C2H6/c1-6-26(3)14-19-23(20(29)15-26)21(17-8-9-17)22(24(30)34-7-2)18(10-12-28(19)4)16-33-13-11-27-25(31)32-5;1-2/h17-18H,6-9,11,13-16H2,1-5H3,(H,27,31);1-2H3/b22-21+;. The summed E-state index contributed by atoms with van der Waals surface area (Å²) in [4.78, 5) is 39.9. The summed E-state index contributed by atoms with van der Waals surface area (Å²) in [6, 6.07) is 3.15. The van der Waals surface area contributed by atoms with Gasteiger partial charge in [-0.2, -0.15) is 0 Å². The van der Waals surface area contributed by atoms with Crippen LogP contribution in [0.3, 0.4) is 0 Å². The molecule has 2 unspecified atom stereocenters. The molecule has 0 spiro atoms. The number of carbonyl (C=O) groups is 3. The van der Waals surface area contributed by atoms with Crippen molar-refractivity contribution < 1.29 is 28.6 Å². The van der Waals surface area contributed by atoms with Gasteiger partial charge in [-0.25, -0.2) is 9.59 Å². The van der Waals surface area contributed by atoms with E-state index in [2.05, 4.69) is 35.9 Å². The number of esters is 1. The van der Waals surface area contributed by atoms with Gasteiger partial charge in [-0.15, -0.1) is 0 Å². The van der Waals surface area contributed by atoms with Crippen LogP contribution in [0.15, 0.2) is 22.4 Å². The third-order valence-electron chi connectivity index (χ3n) is 6.79. The highest BCUT2D eigenvalue weighted by Gasteiger charge is 2.44. The highest BCUT2D eigenvalue weighted by molar-refractivity contribution is 6.05. The molecule has 3 aliphatic rings. The molecule has 36 heavy (non-hydrogen) atoms. The molecule has 200 valence electrons. The van der Waals surface area contributed by atoms with E-state index in [-0.39, 0.29) is 43.5 Å². The Kier molecular flexibility index (Phi) is 11.0. The second kappa shape index (κ2) is 13.5. The van der Waals surface area contributed by atoms with Gasteiger partial charge in [-0.1, -0.05) is 33.6 Å². The summed E-state index contributed by atoms with van der Waals surface area (Å²) < 4.78 is 15.8. The average Bonchev–Trinajstić information content (AvgIpc) is 3.70. The summed E-state index contributed by atoms with van der Waals surface area (Å²) >= 11 is 0. The van der Waals surface area contributed by atoms with E-state index in [4.69, 9.17) is 9.47 Å². The van der Waals surface area contributed by atoms with Crippen LogP contribution in [-0.2, 0) is 23.8 Å². The van der Waals surface area contributed by atoms with E-state index in [0.717, 1.165) is 37.0 Å². The Hall–Kier alpha value is -2.79. The van der Waals surface area contributed by atoms with Crippen LogP contribution in [0.4, 0.5) is 4.79 Å². The van der Waals surface area contributed by atoms with Crippen LogP contribution in [0.5, 0.6) is 0 Å². The van der Waals surface area contributed by atoms with Gasteiger partial charge in [0.2, 0.25) is 0 Å². The number of hydrogen-bond acceptors (Lipinski definition) is 7. The average molecular weight is 503 g/mol. The largest absolute Gasteiger partial charge is 0.463 e. The Labute approximate surface area is 215 Å². The fourth-order valence-corrected chi connectivity index (χ4v) is 4.55. The molecule has 0 aromatic carbocycles. The molecule has 1 heterocycles. The second-order valence-electron chi connectivity index (χ2n) is 9.45. The van der Waals surface area contributed by atoms with Gasteiger partial charge in [-0.3, -0.25) is 4.79 Å². The zero-order chi connectivity index (χ0) is 26.9. The van der Waals surface area contributed by atoms with Crippen LogP contribution in [0, 0.1) is 29.2 Å². The van der Waals surface area contributed by atoms with Crippen molar-refractivity contribution in [2.75, 3.05) is 40.5 Å². The molecule has 0 aromatic rings. The normalized spacial score (nSPS) is 25.4. The van der Waals surface area contributed by atoms with Gasteiger partial charge in [-0.05, 0) is 49.5 Å². The lowest BCUT2D eigenvalue weighted by Crippen LogP contribution is -2.35. The van der Waals surface area contributed by atoms with E-state index < -0.39 is 18.0 Å². The van der Waals surface area contributed by atoms with E-state index in [1.54, 1.807) is 6.92 Å². The number of Topliss-reactive ketones (excluding diaryl/α,β-unsaturated/α-hetero) is 1. The molecular formula is C28H42N2O6. The van der Waals surface area contributed by atoms with Gasteiger partial charge in [0.1, 0.15) is 0 Å². The number of methoxy groups -OCH3 is 1. The fraction of sp³-hybridized carbons (Fsp3) is 0.679. The van der Waals surface area contributed by atoms with E-state index in [1.807, 2.05) is 25.8 Å². The molecule has 1 amide bonds. The first-order valence-electron chi connectivity index (χ1n) is 13.1. The van der Waals surface area contributed by atoms with Crippen molar-refractivity contribution in [3.63, 3.8) is 0 Å². The van der Waals surface area contributed by atoms with E-state index in [0.29, 0.717) is 17.6 Å². The smallest absolute Gasteiger partial charge is 0.406 e. The summed E-state index contributed by atoms with van der Waals surface area (Å²) in [6.07, 6.45) is 3.41. The van der Waals surface area contributed by atoms with Gasteiger partial charge in [0.25, 0.3) is 0 Å². The minimum atomic E-state index is -0.545. The maximum absolute atomic E-state index is 13.6. The van der Waals surface area contributed by atoms with Gasteiger partial charge in [0.05, 0.1) is 38.4 Å². The Morgan fingerprint density at radius 1 is 1.19 bits per heavy atom. The van der Waals surface area contributed by atoms with Crippen molar-refractivity contribution in [2.24, 2.45) is 17.3 Å². The van der Waals surface area contributed by atoms with Crippen molar-refractivity contribution in [1.29, 1.82) is 0 Å². The maximum atomic E-state index is 13.6. The summed E-state index contributed by atoms with van der Waals surface area (Å²) in [6.45, 7) is 10.9. The second-order valence-corrected chi connectivity index (χ2v) is 9.45. The van der Waals surface area contributed by atoms with E-state index >= 15 is 0 Å². The molecule has 2 aliphatic carbocycles. The molecule has 0 saturated heterocycles. The quantitative estimate of drug-likeness (QED) is 0.287. The molecule has 8 nitrogen and oxygen atoms in total. The van der Waals surface area contributed by atoms with E-state index in [1.165, 1.54) is 7.11 Å². The third kappa shape index (κ3) is 7.13. The first-order chi connectivity index (χ1) is 17.2. The van der Waals surface area contributed by atoms with Crippen molar-refractivity contribution >= 4 is 17.8 Å². The predicted octanol–water partition coefficient (Wildman–Crippen LogP) is 4.21. The Balaban J connectivity index is 0.00000222. The SMILES string of the molecule is CC.CCOC(=O)/C1=C(\C2CC2)C2=C(CC(C)(CC)CC2=O)N(C)C#CC1COCCNC(=O)OC. The zero-order valence-corrected chi connectivity index (χ0v) is 22.9. The number of alkyl carbamates (subject to hydrolysis) is 1. The Bertz CT molecular complexity index is 953. The van der Waals surface area contributed by atoms with Gasteiger partial charge < -0.3 is 24.4 Å². The number of amides is 1. The Morgan fingerprint density at radius 3 is 2.47 bits per heavy atom. The third-order valence-corrected chi connectivity index (χ3v) is 6.79. The molecule has 1 saturated carbocycles. The minimum Gasteiger partial charge on any atom is -0.463 e. The Morgan fingerprint density at radius 2 is 1.89 bits per heavy atom. The lowest BCUT2D eigenvalue weighted by molar-refractivity contribution is -0.139. The number of nitrogens with zero attached hydrogens (tertiary/aromatic N) is 1. The van der Waals surface area contributed by atoms with Gasteiger partial charge in [0, 0.05) is 37.3 Å². The van der Waals surface area contributed by atoms with Crippen LogP contribution >= 0.6 is 0 Å². The molecule has 2 atom stereocenters. The maximum Gasteiger partial charge on any atom is 0.406 e. The zero-order valence-electron chi connectivity index (χ0n) is 22.9. The summed E-state index contributed by atoms with van der Waals surface area (Å²) in [5, 5.41) is 2.56. The monoisotopic (exact) mass is 502 g/mol. The van der Waals surface area contributed by atoms with Crippen molar-refractivity contribution in [2.45, 2.75) is 66.7 Å². The number of nitrogens with one attached hydrogen (secondary N) is 1. The topological polar surface area (TPSA) is 94.2 Å². The lowest BCUT2D eigenvalue weighted by atomic mass is 9.69. The lowest BCUT2D eigenvalue weighted by Gasteiger charge is -2.38. The number of ether oxygens (including phenoxy) is 3. The number of carbonyl (C=O) groups excluding carboxylic acids is 3. The molecule has 1 aliphatic heterocycles. The first-order valence-corrected chi connectivity index (χ1v) is 13.1. The number of rotatable bonds is 9. The molecule has 1 fully saturated rings. The number of allylic oxidation sites excluding steroid dienone is 3.